The van der Waals surface area contributed by atoms with Gasteiger partial charge in [-0.1, -0.05) is 47.6 Å². The fraction of sp³-hybridized carbons (Fsp3) is 0.842. The van der Waals surface area contributed by atoms with Crippen molar-refractivity contribution >= 4 is 22.4 Å². The normalized spacial score (nSPS) is 23.7. The van der Waals surface area contributed by atoms with Crippen molar-refractivity contribution in [3.63, 3.8) is 0 Å². The quantitative estimate of drug-likeness (QED) is 0.596. The zero-order chi connectivity index (χ0) is 19.0. The van der Waals surface area contributed by atoms with E-state index in [1.807, 2.05) is 6.08 Å². The first-order valence-corrected chi connectivity index (χ1v) is 14.9. The first kappa shape index (κ1) is 21.8. The highest BCUT2D eigenvalue weighted by Crippen LogP contribution is 2.40. The van der Waals surface area contributed by atoms with Crippen LogP contribution in [0.4, 0.5) is 0 Å². The third kappa shape index (κ3) is 5.38. The lowest BCUT2D eigenvalue weighted by Crippen LogP contribution is -2.48. The van der Waals surface area contributed by atoms with Crippen LogP contribution in [0, 0.1) is 5.92 Å². The van der Waals surface area contributed by atoms with Crippen molar-refractivity contribution in [1.29, 1.82) is 0 Å². The van der Waals surface area contributed by atoms with Gasteiger partial charge in [-0.25, -0.2) is 0 Å². The summed E-state index contributed by atoms with van der Waals surface area (Å²) in [5.74, 6) is 0.341. The Bertz CT molecular complexity index is 482. The molecule has 0 heterocycles. The smallest absolute Gasteiger partial charge is 0.192 e. The second kappa shape index (κ2) is 7.18. The molecule has 5 heteroatoms. The van der Waals surface area contributed by atoms with Gasteiger partial charge >= 0.3 is 0 Å². The molecule has 0 spiro atoms. The molecule has 0 aromatic heterocycles. The number of carbonyl (C=O) groups excluding carboxylic acids is 1. The Kier molecular flexibility index (Phi) is 6.52. The summed E-state index contributed by atoms with van der Waals surface area (Å²) in [6.45, 7) is 23.2. The average molecular weight is 371 g/mol. The van der Waals surface area contributed by atoms with Gasteiger partial charge in [0.2, 0.25) is 0 Å². The molecule has 3 nitrogen and oxygen atoms in total. The second-order valence-electron chi connectivity index (χ2n) is 10.2. The molecule has 0 fully saturated rings. The van der Waals surface area contributed by atoms with E-state index in [2.05, 4.69) is 67.7 Å². The molecule has 0 aromatic carbocycles. The van der Waals surface area contributed by atoms with E-state index < -0.39 is 16.6 Å². The maximum Gasteiger partial charge on any atom is 0.192 e. The molecular weight excluding hydrogens is 332 g/mol. The van der Waals surface area contributed by atoms with E-state index in [9.17, 15) is 4.79 Å². The maximum absolute atomic E-state index is 11.9. The molecule has 0 amide bonds. The van der Waals surface area contributed by atoms with Crippen molar-refractivity contribution < 1.29 is 13.6 Å². The second-order valence-corrected chi connectivity index (χ2v) is 19.7. The van der Waals surface area contributed by atoms with Crippen LogP contribution in [-0.2, 0) is 13.6 Å². The summed E-state index contributed by atoms with van der Waals surface area (Å²) in [6.07, 6.45) is 4.16. The highest BCUT2D eigenvalue weighted by atomic mass is 28.4. The summed E-state index contributed by atoms with van der Waals surface area (Å²) < 4.78 is 13.0. The third-order valence-electron chi connectivity index (χ3n) is 6.10. The summed E-state index contributed by atoms with van der Waals surface area (Å²) in [6, 6.07) is 0. The Morgan fingerprint density at radius 1 is 1.00 bits per heavy atom. The number of rotatable bonds is 5. The van der Waals surface area contributed by atoms with Gasteiger partial charge in [-0.05, 0) is 42.3 Å². The van der Waals surface area contributed by atoms with Crippen LogP contribution in [0.1, 0.15) is 48.0 Å². The van der Waals surface area contributed by atoms with Crippen LogP contribution in [0.2, 0.25) is 36.3 Å². The number of hydrogen-bond acceptors (Lipinski definition) is 3. The van der Waals surface area contributed by atoms with Crippen molar-refractivity contribution in [2.75, 3.05) is 6.61 Å². The van der Waals surface area contributed by atoms with Crippen LogP contribution in [0.15, 0.2) is 12.2 Å². The molecule has 0 bridgehead atoms. The minimum atomic E-state index is -1.91. The molecular formula is C19H38O3Si2. The maximum atomic E-state index is 11.9. The molecule has 0 saturated heterocycles. The molecule has 0 unspecified atom stereocenters. The highest BCUT2D eigenvalue weighted by Gasteiger charge is 2.43. The van der Waals surface area contributed by atoms with E-state index in [1.165, 1.54) is 0 Å². The van der Waals surface area contributed by atoms with E-state index in [0.29, 0.717) is 13.0 Å². The lowest BCUT2D eigenvalue weighted by atomic mass is 9.93. The standard InChI is InChI=1S/C19H38O3Si2/c1-18(2,3)23(7,8)21-14-15-11-12-16(20)13-17(15)22-24(9,10)19(4,5)6/h11-12,15,17H,13-14H2,1-10H3/t15-,17+/m1/s1. The Hall–Kier alpha value is -0.236. The zero-order valence-electron chi connectivity index (χ0n) is 17.4. The van der Waals surface area contributed by atoms with E-state index in [-0.39, 0.29) is 27.9 Å². The van der Waals surface area contributed by atoms with Crippen molar-refractivity contribution in [1.82, 2.24) is 0 Å². The molecule has 0 saturated carbocycles. The van der Waals surface area contributed by atoms with Crippen LogP contribution in [0.3, 0.4) is 0 Å². The van der Waals surface area contributed by atoms with E-state index in [4.69, 9.17) is 8.85 Å². The molecule has 0 aromatic rings. The highest BCUT2D eigenvalue weighted by molar-refractivity contribution is 6.74. The van der Waals surface area contributed by atoms with Crippen LogP contribution in [0.5, 0.6) is 0 Å². The monoisotopic (exact) mass is 370 g/mol. The van der Waals surface area contributed by atoms with Crippen molar-refractivity contribution in [2.24, 2.45) is 5.92 Å². The van der Waals surface area contributed by atoms with Crippen LogP contribution < -0.4 is 0 Å². The number of ketones is 1. The van der Waals surface area contributed by atoms with Gasteiger partial charge in [0.05, 0.1) is 6.10 Å². The third-order valence-corrected chi connectivity index (χ3v) is 15.1. The fourth-order valence-corrected chi connectivity index (χ4v) is 4.55. The predicted molar refractivity (Wildman–Crippen MR) is 107 cm³/mol. The zero-order valence-corrected chi connectivity index (χ0v) is 19.4. The minimum Gasteiger partial charge on any atom is -0.416 e. The number of hydrogen-bond donors (Lipinski definition) is 0. The first-order valence-electron chi connectivity index (χ1n) is 9.10. The van der Waals surface area contributed by atoms with Gasteiger partial charge < -0.3 is 8.85 Å². The first-order chi connectivity index (χ1) is 10.6. The Morgan fingerprint density at radius 2 is 1.50 bits per heavy atom. The summed E-state index contributed by atoms with van der Waals surface area (Å²) in [5, 5.41) is 0.332. The summed E-state index contributed by atoms with van der Waals surface area (Å²) in [4.78, 5) is 11.9. The topological polar surface area (TPSA) is 35.5 Å². The van der Waals surface area contributed by atoms with Crippen LogP contribution in [-0.4, -0.2) is 35.1 Å². The number of allylic oxidation sites excluding steroid dienone is 1. The molecule has 2 atom stereocenters. The van der Waals surface area contributed by atoms with Gasteiger partial charge in [0.1, 0.15) is 0 Å². The SMILES string of the molecule is CC(C)(C)[Si](C)(C)OC[C@H]1C=CC(=O)C[C@@H]1O[Si](C)(C)C(C)(C)C. The van der Waals surface area contributed by atoms with Gasteiger partial charge in [-0.2, -0.15) is 0 Å². The molecule has 1 aliphatic rings. The Labute approximate surface area is 151 Å². The predicted octanol–water partition coefficient (Wildman–Crippen LogP) is 5.54. The van der Waals surface area contributed by atoms with Crippen LogP contribution in [0.25, 0.3) is 0 Å². The van der Waals surface area contributed by atoms with Gasteiger partial charge in [0, 0.05) is 18.9 Å². The lowest BCUT2D eigenvalue weighted by Gasteiger charge is -2.43. The fourth-order valence-electron chi connectivity index (χ4n) is 2.14. The van der Waals surface area contributed by atoms with Gasteiger partial charge in [-0.3, -0.25) is 4.79 Å². The lowest BCUT2D eigenvalue weighted by molar-refractivity contribution is -0.117. The summed E-state index contributed by atoms with van der Waals surface area (Å²) in [7, 11) is -3.70. The largest absolute Gasteiger partial charge is 0.416 e. The summed E-state index contributed by atoms with van der Waals surface area (Å²) >= 11 is 0. The van der Waals surface area contributed by atoms with Crippen molar-refractivity contribution in [2.45, 2.75) is 90.3 Å². The molecule has 0 aliphatic heterocycles. The van der Waals surface area contributed by atoms with Crippen molar-refractivity contribution in [3.05, 3.63) is 12.2 Å². The molecule has 0 N–H and O–H groups in total. The van der Waals surface area contributed by atoms with Gasteiger partial charge in [0.15, 0.2) is 22.4 Å². The Morgan fingerprint density at radius 3 is 1.96 bits per heavy atom. The molecule has 1 aliphatic carbocycles. The number of carbonyl (C=O) groups is 1. The molecule has 1 rings (SSSR count). The van der Waals surface area contributed by atoms with Gasteiger partial charge in [-0.15, -0.1) is 0 Å². The average Bonchev–Trinajstić information content (AvgIpc) is 2.34. The van der Waals surface area contributed by atoms with E-state index in [0.717, 1.165) is 0 Å². The van der Waals surface area contributed by atoms with E-state index >= 15 is 0 Å². The summed E-state index contributed by atoms with van der Waals surface area (Å²) in [5.41, 5.74) is 0. The molecule has 140 valence electrons. The van der Waals surface area contributed by atoms with Gasteiger partial charge in [0.25, 0.3) is 0 Å². The van der Waals surface area contributed by atoms with Crippen molar-refractivity contribution in [3.8, 4) is 0 Å². The van der Waals surface area contributed by atoms with Crippen LogP contribution >= 0.6 is 0 Å². The minimum absolute atomic E-state index is 0.0480. The Balaban J connectivity index is 2.87. The molecule has 0 radical (unpaired) electrons. The molecule has 24 heavy (non-hydrogen) atoms. The van der Waals surface area contributed by atoms with E-state index in [1.54, 1.807) is 6.08 Å².